The van der Waals surface area contributed by atoms with Crippen molar-refractivity contribution in [3.05, 3.63) is 59.7 Å². The maximum absolute atomic E-state index is 12.8. The van der Waals surface area contributed by atoms with E-state index in [9.17, 15) is 14.4 Å². The van der Waals surface area contributed by atoms with Crippen molar-refractivity contribution in [3.63, 3.8) is 0 Å². The van der Waals surface area contributed by atoms with E-state index in [2.05, 4.69) is 17.9 Å². The lowest BCUT2D eigenvalue weighted by molar-refractivity contribution is -0.142. The van der Waals surface area contributed by atoms with E-state index in [0.29, 0.717) is 29.2 Å². The van der Waals surface area contributed by atoms with Crippen LogP contribution in [0.25, 0.3) is 0 Å². The molecule has 190 valence electrons. The van der Waals surface area contributed by atoms with Crippen LogP contribution in [0.2, 0.25) is 0 Å². The van der Waals surface area contributed by atoms with E-state index in [1.54, 1.807) is 55.5 Å². The molecule has 0 heterocycles. The van der Waals surface area contributed by atoms with Crippen LogP contribution in [0.15, 0.2) is 48.5 Å². The fourth-order valence-electron chi connectivity index (χ4n) is 3.23. The average molecular weight is 506 g/mol. The summed E-state index contributed by atoms with van der Waals surface area (Å²) in [5, 5.41) is 11.7. The molecule has 0 spiro atoms. The number of anilines is 1. The van der Waals surface area contributed by atoms with E-state index in [4.69, 9.17) is 24.1 Å². The molecular weight excluding hydrogens is 474 g/mol. The third kappa shape index (κ3) is 9.59. The number of aliphatic hydroxyl groups excluding tert-OH is 1. The number of thiol groups is 1. The highest BCUT2D eigenvalue weighted by Crippen LogP contribution is 2.29. The molecule has 35 heavy (non-hydrogen) atoms. The number of nitrogens with one attached hydrogen (secondary N) is 1. The number of Topliss-reactive ketones (excluding diaryl/α,β-unsaturated/α-hetero) is 1. The first-order chi connectivity index (χ1) is 16.9. The van der Waals surface area contributed by atoms with Gasteiger partial charge in [-0.3, -0.25) is 14.9 Å². The zero-order valence-corrected chi connectivity index (χ0v) is 20.7. The second-order valence-corrected chi connectivity index (χ2v) is 7.71. The predicted molar refractivity (Wildman–Crippen MR) is 133 cm³/mol. The van der Waals surface area contributed by atoms with E-state index >= 15 is 0 Å². The van der Waals surface area contributed by atoms with Gasteiger partial charge >= 0.3 is 12.1 Å². The van der Waals surface area contributed by atoms with E-state index in [1.807, 2.05) is 0 Å². The molecule has 0 radical (unpaired) electrons. The SMILES string of the molecule is CCO[C@@H](CCOC(=O)CS)[C@@H](OC(=O)Nc1ccc(C(C)=O)cc1)c1cccc(OCCO)c1. The molecule has 0 saturated carbocycles. The van der Waals surface area contributed by atoms with Crippen LogP contribution in [0.5, 0.6) is 5.75 Å². The van der Waals surface area contributed by atoms with Crippen molar-refractivity contribution >= 4 is 36.2 Å². The second kappa shape index (κ2) is 15.0. The summed E-state index contributed by atoms with van der Waals surface area (Å²) in [4.78, 5) is 35.8. The zero-order chi connectivity index (χ0) is 25.6. The monoisotopic (exact) mass is 505 g/mol. The molecule has 2 rings (SSSR count). The Morgan fingerprint density at radius 3 is 2.46 bits per heavy atom. The predicted octanol–water partition coefficient (Wildman–Crippen LogP) is 3.82. The molecule has 0 unspecified atom stereocenters. The molecule has 0 bridgehead atoms. The van der Waals surface area contributed by atoms with E-state index in [1.165, 1.54) is 6.92 Å². The highest BCUT2D eigenvalue weighted by atomic mass is 32.1. The number of amides is 1. The van der Waals surface area contributed by atoms with Crippen LogP contribution in [0.4, 0.5) is 10.5 Å². The third-order valence-corrected chi connectivity index (χ3v) is 5.09. The third-order valence-electron chi connectivity index (χ3n) is 4.83. The Balaban J connectivity index is 2.24. The van der Waals surface area contributed by atoms with Gasteiger partial charge in [-0.05, 0) is 55.8 Å². The van der Waals surface area contributed by atoms with Crippen molar-refractivity contribution in [3.8, 4) is 5.75 Å². The Labute approximate surface area is 210 Å². The lowest BCUT2D eigenvalue weighted by Gasteiger charge is -2.27. The molecule has 10 heteroatoms. The number of hydrogen-bond acceptors (Lipinski definition) is 9. The van der Waals surface area contributed by atoms with Gasteiger partial charge in [0.05, 0.1) is 19.0 Å². The van der Waals surface area contributed by atoms with Crippen molar-refractivity contribution < 1.29 is 38.4 Å². The summed E-state index contributed by atoms with van der Waals surface area (Å²) < 4.78 is 22.3. The Kier molecular flexibility index (Phi) is 12.1. The van der Waals surface area contributed by atoms with Gasteiger partial charge in [0.25, 0.3) is 0 Å². The van der Waals surface area contributed by atoms with Crippen LogP contribution in [0.1, 0.15) is 42.3 Å². The number of benzene rings is 2. The van der Waals surface area contributed by atoms with E-state index < -0.39 is 24.3 Å². The summed E-state index contributed by atoms with van der Waals surface area (Å²) in [5.74, 6) is -0.108. The largest absolute Gasteiger partial charge is 0.491 e. The van der Waals surface area contributed by atoms with Crippen LogP contribution < -0.4 is 10.1 Å². The highest BCUT2D eigenvalue weighted by Gasteiger charge is 2.29. The smallest absolute Gasteiger partial charge is 0.412 e. The van der Waals surface area contributed by atoms with Gasteiger partial charge in [0, 0.05) is 24.3 Å². The number of hydrogen-bond donors (Lipinski definition) is 3. The fraction of sp³-hybridized carbons (Fsp3) is 0.400. The molecule has 0 aromatic heterocycles. The number of ketones is 1. The molecule has 9 nitrogen and oxygen atoms in total. The van der Waals surface area contributed by atoms with Gasteiger partial charge in [-0.15, -0.1) is 0 Å². The van der Waals surface area contributed by atoms with Gasteiger partial charge in [0.2, 0.25) is 0 Å². The van der Waals surface area contributed by atoms with Gasteiger partial charge in [0.1, 0.15) is 18.5 Å². The highest BCUT2D eigenvalue weighted by molar-refractivity contribution is 7.81. The molecule has 2 atom stereocenters. The number of aliphatic hydroxyl groups is 1. The molecule has 2 aromatic rings. The fourth-order valence-corrected chi connectivity index (χ4v) is 3.32. The molecule has 0 fully saturated rings. The molecule has 0 aliphatic heterocycles. The van der Waals surface area contributed by atoms with Crippen LogP contribution in [0.3, 0.4) is 0 Å². The maximum atomic E-state index is 12.8. The van der Waals surface area contributed by atoms with Gasteiger partial charge in [-0.25, -0.2) is 4.79 Å². The lowest BCUT2D eigenvalue weighted by atomic mass is 10.0. The minimum atomic E-state index is -0.862. The summed E-state index contributed by atoms with van der Waals surface area (Å²) in [7, 11) is 0. The molecule has 1 amide bonds. The number of carbonyl (C=O) groups is 3. The minimum absolute atomic E-state index is 0.0473. The summed E-state index contributed by atoms with van der Waals surface area (Å²) in [5.41, 5.74) is 1.57. The van der Waals surface area contributed by atoms with Gasteiger partial charge < -0.3 is 24.1 Å². The molecule has 0 saturated heterocycles. The molecule has 0 aliphatic carbocycles. The summed E-state index contributed by atoms with van der Waals surface area (Å²) in [6, 6.07) is 13.3. The maximum Gasteiger partial charge on any atom is 0.412 e. The van der Waals surface area contributed by atoms with Gasteiger partial charge in [0.15, 0.2) is 11.9 Å². The topological polar surface area (TPSA) is 120 Å². The first kappa shape index (κ1) is 28.2. The normalized spacial score (nSPS) is 12.3. The first-order valence-electron chi connectivity index (χ1n) is 11.2. The van der Waals surface area contributed by atoms with Crippen LogP contribution in [-0.4, -0.2) is 61.2 Å². The Bertz CT molecular complexity index is 966. The van der Waals surface area contributed by atoms with Gasteiger partial charge in [-0.1, -0.05) is 12.1 Å². The standard InChI is InChI=1S/C25H31NO8S/c1-3-31-22(11-13-33-23(29)16-35)24(19-5-4-6-21(15-19)32-14-12-27)34-25(30)26-20-9-7-18(8-10-20)17(2)28/h4-10,15,22,24,27,35H,3,11-14,16H2,1-2H3,(H,26,30)/t22-,24-/m0/s1. The van der Waals surface area contributed by atoms with Crippen molar-refractivity contribution in [1.29, 1.82) is 0 Å². The molecule has 0 aliphatic rings. The van der Waals surface area contributed by atoms with Crippen LogP contribution in [-0.2, 0) is 19.0 Å². The number of carbonyl (C=O) groups excluding carboxylic acids is 3. The summed E-state index contributed by atoms with van der Waals surface area (Å²) in [6.45, 7) is 3.62. The van der Waals surface area contributed by atoms with Crippen LogP contribution >= 0.6 is 12.6 Å². The Morgan fingerprint density at radius 1 is 1.09 bits per heavy atom. The van der Waals surface area contributed by atoms with Crippen molar-refractivity contribution in [2.24, 2.45) is 0 Å². The zero-order valence-electron chi connectivity index (χ0n) is 19.8. The first-order valence-corrected chi connectivity index (χ1v) is 11.8. The van der Waals surface area contributed by atoms with Gasteiger partial charge in [-0.2, -0.15) is 12.6 Å². The Hall–Kier alpha value is -3.08. The van der Waals surface area contributed by atoms with Crippen molar-refractivity contribution in [2.45, 2.75) is 32.5 Å². The van der Waals surface area contributed by atoms with E-state index in [0.717, 1.165) is 0 Å². The summed E-state index contributed by atoms with van der Waals surface area (Å²) >= 11 is 3.89. The lowest BCUT2D eigenvalue weighted by Crippen LogP contribution is -2.30. The minimum Gasteiger partial charge on any atom is -0.491 e. The van der Waals surface area contributed by atoms with E-state index in [-0.39, 0.29) is 37.8 Å². The number of esters is 1. The molecule has 2 N–H and O–H groups in total. The van der Waals surface area contributed by atoms with Crippen LogP contribution in [0, 0.1) is 0 Å². The molecular formula is C25H31NO8S. The Morgan fingerprint density at radius 2 is 1.83 bits per heavy atom. The average Bonchev–Trinajstić information content (AvgIpc) is 2.86. The number of ether oxygens (including phenoxy) is 4. The number of rotatable bonds is 14. The molecule has 2 aromatic carbocycles. The van der Waals surface area contributed by atoms with Crippen molar-refractivity contribution in [2.75, 3.05) is 37.5 Å². The second-order valence-electron chi connectivity index (χ2n) is 7.39. The summed E-state index contributed by atoms with van der Waals surface area (Å²) in [6.07, 6.45) is -1.96. The van der Waals surface area contributed by atoms with Crippen molar-refractivity contribution in [1.82, 2.24) is 0 Å². The quantitative estimate of drug-likeness (QED) is 0.201.